The molecule has 0 aliphatic heterocycles. The molecule has 0 radical (unpaired) electrons. The van der Waals surface area contributed by atoms with Gasteiger partial charge in [0.2, 0.25) is 0 Å². The first-order valence-electron chi connectivity index (χ1n) is 6.43. The maximum absolute atomic E-state index is 11.7. The van der Waals surface area contributed by atoms with Gasteiger partial charge in [-0.15, -0.1) is 0 Å². The smallest absolute Gasteiger partial charge is 0.146 e. The lowest BCUT2D eigenvalue weighted by atomic mass is 10.1. The quantitative estimate of drug-likeness (QED) is 0.604. The van der Waals surface area contributed by atoms with E-state index in [2.05, 4.69) is 18.7 Å². The van der Waals surface area contributed by atoms with Crippen molar-refractivity contribution in [2.45, 2.75) is 45.6 Å². The second-order valence-corrected chi connectivity index (χ2v) is 4.83. The molecule has 94 valence electrons. The number of methoxy groups -OCH3 is 1. The van der Waals surface area contributed by atoms with Crippen LogP contribution in [0.15, 0.2) is 0 Å². The molecule has 1 atom stereocenters. The van der Waals surface area contributed by atoms with Crippen LogP contribution in [0, 0.1) is 5.92 Å². The average molecular weight is 227 g/mol. The van der Waals surface area contributed by atoms with E-state index in [9.17, 15) is 4.79 Å². The zero-order chi connectivity index (χ0) is 12.0. The third-order valence-electron chi connectivity index (χ3n) is 3.37. The van der Waals surface area contributed by atoms with E-state index in [0.29, 0.717) is 24.8 Å². The van der Waals surface area contributed by atoms with Crippen molar-refractivity contribution in [1.29, 1.82) is 0 Å². The van der Waals surface area contributed by atoms with E-state index >= 15 is 0 Å². The summed E-state index contributed by atoms with van der Waals surface area (Å²) in [5.41, 5.74) is 0. The Labute approximate surface area is 99.1 Å². The standard InChI is InChI=1S/C13H25NO2/c1-4-5-13(15)10-14(8-9-16-3)11(2)12-6-7-12/h11-12H,4-10H2,1-3H3. The highest BCUT2D eigenvalue weighted by Gasteiger charge is 2.32. The minimum absolute atomic E-state index is 0.367. The molecular formula is C13H25NO2. The third-order valence-corrected chi connectivity index (χ3v) is 3.37. The van der Waals surface area contributed by atoms with Gasteiger partial charge < -0.3 is 4.74 Å². The molecule has 1 unspecified atom stereocenters. The highest BCUT2D eigenvalue weighted by Crippen LogP contribution is 2.35. The van der Waals surface area contributed by atoms with Gasteiger partial charge in [0.25, 0.3) is 0 Å². The van der Waals surface area contributed by atoms with Gasteiger partial charge in [0.1, 0.15) is 5.78 Å². The van der Waals surface area contributed by atoms with Gasteiger partial charge in [0.05, 0.1) is 13.2 Å². The fraction of sp³-hybridized carbons (Fsp3) is 0.923. The molecule has 1 rings (SSSR count). The molecule has 0 bridgehead atoms. The second kappa shape index (κ2) is 7.02. The van der Waals surface area contributed by atoms with Crippen molar-refractivity contribution >= 4 is 5.78 Å². The van der Waals surface area contributed by atoms with Crippen LogP contribution in [0.3, 0.4) is 0 Å². The van der Waals surface area contributed by atoms with Gasteiger partial charge in [-0.05, 0) is 32.1 Å². The minimum Gasteiger partial charge on any atom is -0.383 e. The van der Waals surface area contributed by atoms with Crippen LogP contribution < -0.4 is 0 Å². The molecule has 3 nitrogen and oxygen atoms in total. The van der Waals surface area contributed by atoms with Crippen molar-refractivity contribution < 1.29 is 9.53 Å². The molecule has 1 aliphatic carbocycles. The summed E-state index contributed by atoms with van der Waals surface area (Å²) in [7, 11) is 1.72. The van der Waals surface area contributed by atoms with Crippen molar-refractivity contribution in [3.63, 3.8) is 0 Å². The number of hydrogen-bond donors (Lipinski definition) is 0. The van der Waals surface area contributed by atoms with E-state index in [4.69, 9.17) is 4.74 Å². The van der Waals surface area contributed by atoms with Gasteiger partial charge in [-0.3, -0.25) is 9.69 Å². The van der Waals surface area contributed by atoms with E-state index < -0.39 is 0 Å². The molecule has 0 N–H and O–H groups in total. The SMILES string of the molecule is CCCC(=O)CN(CCOC)C(C)C1CC1. The number of ketones is 1. The number of Topliss-reactive ketones (excluding diaryl/α,β-unsaturated/α-hetero) is 1. The molecule has 0 heterocycles. The first-order chi connectivity index (χ1) is 7.69. The molecule has 1 fully saturated rings. The van der Waals surface area contributed by atoms with Gasteiger partial charge in [-0.2, -0.15) is 0 Å². The second-order valence-electron chi connectivity index (χ2n) is 4.83. The lowest BCUT2D eigenvalue weighted by Crippen LogP contribution is -2.40. The molecular weight excluding hydrogens is 202 g/mol. The summed E-state index contributed by atoms with van der Waals surface area (Å²) in [6.07, 6.45) is 4.31. The van der Waals surface area contributed by atoms with E-state index in [-0.39, 0.29) is 0 Å². The van der Waals surface area contributed by atoms with Crippen LogP contribution >= 0.6 is 0 Å². The lowest BCUT2D eigenvalue weighted by molar-refractivity contribution is -0.121. The molecule has 0 amide bonds. The van der Waals surface area contributed by atoms with Crippen LogP contribution in [-0.2, 0) is 9.53 Å². The van der Waals surface area contributed by atoms with Crippen LogP contribution in [0.4, 0.5) is 0 Å². The Morgan fingerprint density at radius 3 is 2.69 bits per heavy atom. The maximum Gasteiger partial charge on any atom is 0.146 e. The number of rotatable bonds is 9. The summed E-state index contributed by atoms with van der Waals surface area (Å²) in [5, 5.41) is 0. The fourth-order valence-corrected chi connectivity index (χ4v) is 2.10. The first-order valence-corrected chi connectivity index (χ1v) is 6.43. The molecule has 0 saturated heterocycles. The van der Waals surface area contributed by atoms with Crippen molar-refractivity contribution in [2.75, 3.05) is 26.8 Å². The Bertz CT molecular complexity index is 214. The average Bonchev–Trinajstić information content (AvgIpc) is 3.07. The lowest BCUT2D eigenvalue weighted by Gasteiger charge is -2.28. The molecule has 1 aliphatic rings. The van der Waals surface area contributed by atoms with E-state index in [1.54, 1.807) is 7.11 Å². The largest absolute Gasteiger partial charge is 0.383 e. The summed E-state index contributed by atoms with van der Waals surface area (Å²) in [6.45, 7) is 6.50. The summed E-state index contributed by atoms with van der Waals surface area (Å²) in [6, 6.07) is 0.538. The number of hydrogen-bond acceptors (Lipinski definition) is 3. The number of nitrogens with zero attached hydrogens (tertiary/aromatic N) is 1. The third kappa shape index (κ3) is 4.62. The van der Waals surface area contributed by atoms with Crippen molar-refractivity contribution in [2.24, 2.45) is 5.92 Å². The molecule has 0 aromatic carbocycles. The van der Waals surface area contributed by atoms with Crippen LogP contribution in [0.2, 0.25) is 0 Å². The monoisotopic (exact) mass is 227 g/mol. The van der Waals surface area contributed by atoms with Gasteiger partial charge in [-0.25, -0.2) is 0 Å². The van der Waals surface area contributed by atoms with Crippen LogP contribution in [0.5, 0.6) is 0 Å². The molecule has 1 saturated carbocycles. The summed E-state index contributed by atoms with van der Waals surface area (Å²) in [5.74, 6) is 1.18. The van der Waals surface area contributed by atoms with Crippen molar-refractivity contribution in [3.05, 3.63) is 0 Å². The van der Waals surface area contributed by atoms with Gasteiger partial charge in [-0.1, -0.05) is 6.92 Å². The molecule has 16 heavy (non-hydrogen) atoms. The summed E-state index contributed by atoms with van der Waals surface area (Å²) < 4.78 is 5.11. The molecule has 0 aromatic heterocycles. The Morgan fingerprint density at radius 2 is 2.19 bits per heavy atom. The Balaban J connectivity index is 2.38. The van der Waals surface area contributed by atoms with Crippen LogP contribution in [0.1, 0.15) is 39.5 Å². The van der Waals surface area contributed by atoms with Gasteiger partial charge in [0, 0.05) is 26.1 Å². The van der Waals surface area contributed by atoms with E-state index in [1.165, 1.54) is 12.8 Å². The zero-order valence-electron chi connectivity index (χ0n) is 10.9. The topological polar surface area (TPSA) is 29.5 Å². The fourth-order valence-electron chi connectivity index (χ4n) is 2.10. The molecule has 0 spiro atoms. The summed E-state index contributed by atoms with van der Waals surface area (Å²) in [4.78, 5) is 14.0. The predicted molar refractivity (Wildman–Crippen MR) is 65.6 cm³/mol. The van der Waals surface area contributed by atoms with E-state index in [1.807, 2.05) is 0 Å². The highest BCUT2D eigenvalue weighted by molar-refractivity contribution is 5.80. The number of ether oxygens (including phenoxy) is 1. The van der Waals surface area contributed by atoms with Crippen LogP contribution in [0.25, 0.3) is 0 Å². The highest BCUT2D eigenvalue weighted by atomic mass is 16.5. The molecule has 0 aromatic rings. The van der Waals surface area contributed by atoms with E-state index in [0.717, 1.165) is 25.5 Å². The predicted octanol–water partition coefficient (Wildman–Crippen LogP) is 2.10. The number of carbonyl (C=O) groups excluding carboxylic acids is 1. The summed E-state index contributed by atoms with van der Waals surface area (Å²) >= 11 is 0. The van der Waals surface area contributed by atoms with Gasteiger partial charge in [0.15, 0.2) is 0 Å². The van der Waals surface area contributed by atoms with Crippen molar-refractivity contribution in [1.82, 2.24) is 4.90 Å². The van der Waals surface area contributed by atoms with Crippen molar-refractivity contribution in [3.8, 4) is 0 Å². The maximum atomic E-state index is 11.7. The first kappa shape index (κ1) is 13.7. The number of carbonyl (C=O) groups is 1. The zero-order valence-corrected chi connectivity index (χ0v) is 10.9. The normalized spacial score (nSPS) is 17.8. The Hall–Kier alpha value is -0.410. The van der Waals surface area contributed by atoms with Crippen LogP contribution in [-0.4, -0.2) is 43.5 Å². The molecule has 3 heteroatoms. The Morgan fingerprint density at radius 1 is 1.50 bits per heavy atom. The Kier molecular flexibility index (Phi) is 5.99. The van der Waals surface area contributed by atoms with Gasteiger partial charge >= 0.3 is 0 Å². The minimum atomic E-state index is 0.367.